The maximum absolute atomic E-state index is 13.7. The van der Waals surface area contributed by atoms with Crippen molar-refractivity contribution in [3.63, 3.8) is 0 Å². The lowest BCUT2D eigenvalue weighted by atomic mass is 10.1. The van der Waals surface area contributed by atoms with Crippen molar-refractivity contribution in [1.29, 1.82) is 0 Å². The number of carbonyl (C=O) groups excluding carboxylic acids is 2. The summed E-state index contributed by atoms with van der Waals surface area (Å²) in [7, 11) is 0. The van der Waals surface area contributed by atoms with Crippen LogP contribution in [0.1, 0.15) is 40.0 Å². The minimum atomic E-state index is -0.836. The molecule has 0 aromatic heterocycles. The lowest BCUT2D eigenvalue weighted by molar-refractivity contribution is 0.0927. The number of phenols is 2. The molecule has 0 unspecified atom stereocenters. The highest BCUT2D eigenvalue weighted by Crippen LogP contribution is 2.20. The molecule has 0 heterocycles. The first kappa shape index (κ1) is 22.1. The van der Waals surface area contributed by atoms with Crippen LogP contribution in [0.2, 0.25) is 0 Å². The largest absolute Gasteiger partial charge is 0.507 e. The van der Waals surface area contributed by atoms with Crippen LogP contribution < -0.4 is 16.4 Å². The molecule has 0 saturated carbocycles. The molecule has 1 atom stereocenters. The summed E-state index contributed by atoms with van der Waals surface area (Å²) in [6.07, 6.45) is 1.53. The Hall–Kier alpha value is -3.20. The zero-order chi connectivity index (χ0) is 21.4. The van der Waals surface area contributed by atoms with Crippen LogP contribution in [0.4, 0.5) is 8.78 Å². The molecule has 9 heteroatoms. The highest BCUT2D eigenvalue weighted by molar-refractivity contribution is 5.97. The van der Waals surface area contributed by atoms with Crippen LogP contribution in [0.25, 0.3) is 0 Å². The van der Waals surface area contributed by atoms with Crippen molar-refractivity contribution in [2.24, 2.45) is 5.73 Å². The molecule has 29 heavy (non-hydrogen) atoms. The molecular weight excluding hydrogens is 384 g/mol. The van der Waals surface area contributed by atoms with Crippen LogP contribution >= 0.6 is 0 Å². The van der Waals surface area contributed by atoms with Gasteiger partial charge in [-0.05, 0) is 43.5 Å². The monoisotopic (exact) mass is 407 g/mol. The van der Waals surface area contributed by atoms with Gasteiger partial charge in [0.2, 0.25) is 0 Å². The average Bonchev–Trinajstić information content (AvgIpc) is 2.66. The number of phenolic OH excluding ortho intramolecular Hbond substituents is 2. The highest BCUT2D eigenvalue weighted by atomic mass is 19.1. The van der Waals surface area contributed by atoms with Gasteiger partial charge in [0.05, 0.1) is 0 Å². The molecule has 2 aromatic rings. The first-order valence-corrected chi connectivity index (χ1v) is 9.09. The molecule has 6 N–H and O–H groups in total. The van der Waals surface area contributed by atoms with Gasteiger partial charge in [-0.15, -0.1) is 0 Å². The molecule has 0 aliphatic heterocycles. The zero-order valence-corrected chi connectivity index (χ0v) is 15.6. The molecule has 0 aliphatic rings. The lowest BCUT2D eigenvalue weighted by Gasteiger charge is -2.17. The maximum atomic E-state index is 13.7. The second-order valence-corrected chi connectivity index (χ2v) is 6.43. The third kappa shape index (κ3) is 5.89. The molecule has 0 bridgehead atoms. The van der Waals surface area contributed by atoms with Gasteiger partial charge in [0, 0.05) is 19.1 Å². The quantitative estimate of drug-likeness (QED) is 0.407. The van der Waals surface area contributed by atoms with Crippen molar-refractivity contribution in [2.45, 2.75) is 25.3 Å². The first-order valence-electron chi connectivity index (χ1n) is 9.09. The predicted octanol–water partition coefficient (Wildman–Crippen LogP) is 2.03. The second-order valence-electron chi connectivity index (χ2n) is 6.43. The van der Waals surface area contributed by atoms with E-state index < -0.39 is 52.1 Å². The van der Waals surface area contributed by atoms with Gasteiger partial charge >= 0.3 is 0 Å². The lowest BCUT2D eigenvalue weighted by Crippen LogP contribution is -2.40. The predicted molar refractivity (Wildman–Crippen MR) is 103 cm³/mol. The number of rotatable bonds is 9. The van der Waals surface area contributed by atoms with Gasteiger partial charge in [-0.1, -0.05) is 12.1 Å². The number of aromatic hydroxyl groups is 2. The second kappa shape index (κ2) is 10.4. The van der Waals surface area contributed by atoms with E-state index in [4.69, 9.17) is 5.73 Å². The molecule has 0 spiro atoms. The Kier molecular flexibility index (Phi) is 7.90. The molecule has 2 aromatic carbocycles. The number of halogens is 2. The summed E-state index contributed by atoms with van der Waals surface area (Å²) in [5.74, 6) is -4.04. The van der Waals surface area contributed by atoms with E-state index in [1.165, 1.54) is 24.3 Å². The van der Waals surface area contributed by atoms with Gasteiger partial charge in [0.15, 0.2) is 0 Å². The number of amides is 2. The third-order valence-corrected chi connectivity index (χ3v) is 4.32. The van der Waals surface area contributed by atoms with Crippen molar-refractivity contribution in [1.82, 2.24) is 10.6 Å². The Morgan fingerprint density at radius 3 is 2.00 bits per heavy atom. The van der Waals surface area contributed by atoms with E-state index in [0.29, 0.717) is 19.3 Å². The summed E-state index contributed by atoms with van der Waals surface area (Å²) in [4.78, 5) is 24.1. The normalized spacial score (nSPS) is 11.7. The van der Waals surface area contributed by atoms with E-state index in [1.54, 1.807) is 0 Å². The summed E-state index contributed by atoms with van der Waals surface area (Å²) in [5, 5.41) is 24.3. The van der Waals surface area contributed by atoms with E-state index in [1.807, 2.05) is 0 Å². The zero-order valence-electron chi connectivity index (χ0n) is 15.6. The van der Waals surface area contributed by atoms with Gasteiger partial charge in [-0.2, -0.15) is 0 Å². The van der Waals surface area contributed by atoms with Crippen LogP contribution in [-0.2, 0) is 0 Å². The smallest absolute Gasteiger partial charge is 0.258 e. The summed E-state index contributed by atoms with van der Waals surface area (Å²) < 4.78 is 27.4. The Bertz CT molecular complexity index is 836. The van der Waals surface area contributed by atoms with Crippen LogP contribution in [0, 0.1) is 11.6 Å². The third-order valence-electron chi connectivity index (χ3n) is 4.32. The van der Waals surface area contributed by atoms with Crippen molar-refractivity contribution in [2.75, 3.05) is 13.1 Å². The Morgan fingerprint density at radius 2 is 1.48 bits per heavy atom. The SMILES string of the molecule is NC[C@H](CCCCNC(=O)c1c(O)cccc1F)NC(=O)c1c(O)cccc1F. The number of unbranched alkanes of at least 4 members (excludes halogenated alkanes) is 1. The number of hydrogen-bond donors (Lipinski definition) is 5. The molecule has 0 fully saturated rings. The average molecular weight is 407 g/mol. The topological polar surface area (TPSA) is 125 Å². The first-order chi connectivity index (χ1) is 13.8. The van der Waals surface area contributed by atoms with Gasteiger partial charge in [0.1, 0.15) is 34.3 Å². The molecule has 2 amide bonds. The minimum absolute atomic E-state index is 0.108. The van der Waals surface area contributed by atoms with Gasteiger partial charge in [-0.25, -0.2) is 8.78 Å². The van der Waals surface area contributed by atoms with E-state index in [9.17, 15) is 28.6 Å². The summed E-state index contributed by atoms with van der Waals surface area (Å²) >= 11 is 0. The van der Waals surface area contributed by atoms with Crippen LogP contribution in [0.5, 0.6) is 11.5 Å². The summed E-state index contributed by atoms with van der Waals surface area (Å²) in [6.45, 7) is 0.336. The minimum Gasteiger partial charge on any atom is -0.507 e. The van der Waals surface area contributed by atoms with Gasteiger partial charge < -0.3 is 26.6 Å². The summed E-state index contributed by atoms with van der Waals surface area (Å²) in [5.41, 5.74) is 4.78. The molecule has 7 nitrogen and oxygen atoms in total. The van der Waals surface area contributed by atoms with Crippen LogP contribution in [-0.4, -0.2) is 41.2 Å². The Balaban J connectivity index is 1.79. The van der Waals surface area contributed by atoms with Crippen molar-refractivity contribution < 1.29 is 28.6 Å². The number of nitrogens with one attached hydrogen (secondary N) is 2. The fraction of sp³-hybridized carbons (Fsp3) is 0.300. The molecule has 0 aliphatic carbocycles. The molecule has 0 saturated heterocycles. The molecule has 2 rings (SSSR count). The fourth-order valence-corrected chi connectivity index (χ4v) is 2.79. The van der Waals surface area contributed by atoms with E-state index in [2.05, 4.69) is 10.6 Å². The van der Waals surface area contributed by atoms with Gasteiger partial charge in [0.25, 0.3) is 11.8 Å². The van der Waals surface area contributed by atoms with E-state index in [-0.39, 0.29) is 13.1 Å². The van der Waals surface area contributed by atoms with E-state index >= 15 is 0 Å². The molecular formula is C20H23F2N3O4. The maximum Gasteiger partial charge on any atom is 0.258 e. The number of hydrogen-bond acceptors (Lipinski definition) is 5. The number of nitrogens with two attached hydrogens (primary N) is 1. The van der Waals surface area contributed by atoms with Crippen molar-refractivity contribution >= 4 is 11.8 Å². The summed E-state index contributed by atoms with van der Waals surface area (Å²) in [6, 6.07) is 6.72. The Labute approximate surface area is 166 Å². The van der Waals surface area contributed by atoms with Gasteiger partial charge in [-0.3, -0.25) is 9.59 Å². The highest BCUT2D eigenvalue weighted by Gasteiger charge is 2.19. The van der Waals surface area contributed by atoms with E-state index in [0.717, 1.165) is 12.1 Å². The molecule has 0 radical (unpaired) electrons. The Morgan fingerprint density at radius 1 is 0.931 bits per heavy atom. The standard InChI is InChI=1S/C20H23F2N3O4/c21-13-6-3-8-15(26)17(13)19(28)24-10-2-1-5-12(11-23)25-20(29)18-14(22)7-4-9-16(18)27/h3-4,6-9,12,26-27H,1-2,5,10-11,23H2,(H,24,28)(H,25,29)/t12-/m0/s1. The number of carbonyl (C=O) groups is 2. The van der Waals surface area contributed by atoms with Crippen molar-refractivity contribution in [3.8, 4) is 11.5 Å². The molecule has 156 valence electrons. The fourth-order valence-electron chi connectivity index (χ4n) is 2.79. The van der Waals surface area contributed by atoms with Crippen molar-refractivity contribution in [3.05, 3.63) is 59.2 Å². The van der Waals surface area contributed by atoms with Crippen LogP contribution in [0.3, 0.4) is 0 Å². The number of benzene rings is 2. The van der Waals surface area contributed by atoms with Crippen LogP contribution in [0.15, 0.2) is 36.4 Å².